The zero-order valence-electron chi connectivity index (χ0n) is 12.1. The number of imidazole rings is 1. The van der Waals surface area contributed by atoms with Crippen LogP contribution in [0, 0.1) is 5.82 Å². The molecule has 0 spiro atoms. The van der Waals surface area contributed by atoms with Gasteiger partial charge in [0.2, 0.25) is 0 Å². The number of rotatable bonds is 2. The highest BCUT2D eigenvalue weighted by Gasteiger charge is 2.23. The number of fused-ring (bicyclic) bond motifs is 1. The minimum Gasteiger partial charge on any atom is -0.324 e. The van der Waals surface area contributed by atoms with E-state index in [1.165, 1.54) is 25.7 Å². The van der Waals surface area contributed by atoms with Crippen LogP contribution in [0.3, 0.4) is 0 Å². The molecule has 21 heavy (non-hydrogen) atoms. The molecule has 0 radical (unpaired) electrons. The van der Waals surface area contributed by atoms with E-state index in [-0.39, 0.29) is 11.2 Å². The number of nitrogens with zero attached hydrogens (tertiary/aromatic N) is 2. The molecule has 1 unspecified atom stereocenters. The van der Waals surface area contributed by atoms with Crippen molar-refractivity contribution in [3.63, 3.8) is 0 Å². The van der Waals surface area contributed by atoms with Crippen molar-refractivity contribution in [2.24, 2.45) is 0 Å². The monoisotopic (exact) mass is 372 g/mol. The summed E-state index contributed by atoms with van der Waals surface area (Å²) in [7, 11) is 0. The van der Waals surface area contributed by atoms with Gasteiger partial charge >= 0.3 is 0 Å². The Kier molecular flexibility index (Phi) is 4.55. The molecule has 2 aromatic rings. The molecular formula is C16H19BrClFN2. The first kappa shape index (κ1) is 15.3. The summed E-state index contributed by atoms with van der Waals surface area (Å²) in [5.74, 6) is 0.613. The maximum absolute atomic E-state index is 14.0. The van der Waals surface area contributed by atoms with Crippen molar-refractivity contribution in [1.82, 2.24) is 9.55 Å². The largest absolute Gasteiger partial charge is 0.324 e. The Bertz CT molecular complexity index is 645. The lowest BCUT2D eigenvalue weighted by molar-refractivity contribution is 0.439. The van der Waals surface area contributed by atoms with Gasteiger partial charge in [-0.2, -0.15) is 0 Å². The highest BCUT2D eigenvalue weighted by molar-refractivity contribution is 9.10. The van der Waals surface area contributed by atoms with Gasteiger partial charge in [0.15, 0.2) is 0 Å². The molecule has 2 nitrogen and oxygen atoms in total. The van der Waals surface area contributed by atoms with Gasteiger partial charge in [-0.3, -0.25) is 0 Å². The van der Waals surface area contributed by atoms with Crippen LogP contribution in [0.2, 0.25) is 0 Å². The molecule has 1 fully saturated rings. The molecule has 1 aliphatic rings. The van der Waals surface area contributed by atoms with E-state index >= 15 is 0 Å². The van der Waals surface area contributed by atoms with Crippen LogP contribution in [0.15, 0.2) is 16.6 Å². The molecule has 1 aromatic carbocycles. The van der Waals surface area contributed by atoms with Crippen LogP contribution < -0.4 is 0 Å². The minimum atomic E-state index is -0.244. The minimum absolute atomic E-state index is 0.178. The lowest BCUT2D eigenvalue weighted by Crippen LogP contribution is -2.12. The number of hydrogen-bond acceptors (Lipinski definition) is 1. The summed E-state index contributed by atoms with van der Waals surface area (Å²) in [6, 6.07) is 3.72. The lowest BCUT2D eigenvalue weighted by atomic mass is 10.1. The average molecular weight is 374 g/mol. The fourth-order valence-electron chi connectivity index (χ4n) is 3.29. The molecule has 0 bridgehead atoms. The molecule has 1 aromatic heterocycles. The second-order valence-corrected chi connectivity index (χ2v) is 7.37. The van der Waals surface area contributed by atoms with E-state index in [0.717, 1.165) is 29.7 Å². The smallest absolute Gasteiger partial charge is 0.139 e. The van der Waals surface area contributed by atoms with Crippen molar-refractivity contribution in [3.8, 4) is 0 Å². The molecule has 0 aliphatic heterocycles. The van der Waals surface area contributed by atoms with Gasteiger partial charge in [0, 0.05) is 12.1 Å². The fourth-order valence-corrected chi connectivity index (χ4v) is 3.77. The van der Waals surface area contributed by atoms with E-state index in [2.05, 4.69) is 25.5 Å². The second kappa shape index (κ2) is 6.25. The second-order valence-electron chi connectivity index (χ2n) is 5.86. The van der Waals surface area contributed by atoms with Crippen LogP contribution in [0.5, 0.6) is 0 Å². The summed E-state index contributed by atoms with van der Waals surface area (Å²) in [5, 5.41) is -0.178. The molecule has 1 saturated carbocycles. The van der Waals surface area contributed by atoms with Crippen molar-refractivity contribution in [2.45, 2.75) is 56.9 Å². The van der Waals surface area contributed by atoms with Gasteiger partial charge in [-0.25, -0.2) is 9.37 Å². The Balaban J connectivity index is 2.17. The average Bonchev–Trinajstić information content (AvgIpc) is 2.63. The number of hydrogen-bond donors (Lipinski definition) is 0. The number of halogens is 3. The molecule has 5 heteroatoms. The highest BCUT2D eigenvalue weighted by atomic mass is 79.9. The normalized spacial score (nSPS) is 18.9. The van der Waals surface area contributed by atoms with Gasteiger partial charge in [-0.15, -0.1) is 11.6 Å². The molecule has 0 amide bonds. The van der Waals surface area contributed by atoms with Crippen molar-refractivity contribution in [2.75, 3.05) is 0 Å². The fraction of sp³-hybridized carbons (Fsp3) is 0.562. The van der Waals surface area contributed by atoms with Crippen molar-refractivity contribution in [3.05, 3.63) is 28.2 Å². The summed E-state index contributed by atoms with van der Waals surface area (Å²) in [4.78, 5) is 4.65. The van der Waals surface area contributed by atoms with Gasteiger partial charge < -0.3 is 4.57 Å². The first-order valence-corrected chi connectivity index (χ1v) is 8.82. The van der Waals surface area contributed by atoms with Crippen LogP contribution >= 0.6 is 27.5 Å². The zero-order valence-corrected chi connectivity index (χ0v) is 14.4. The van der Waals surface area contributed by atoms with Gasteiger partial charge in [-0.1, -0.05) is 25.7 Å². The lowest BCUT2D eigenvalue weighted by Gasteiger charge is -2.21. The Labute approximate surface area is 137 Å². The molecular weight excluding hydrogens is 355 g/mol. The zero-order chi connectivity index (χ0) is 15.0. The number of benzene rings is 1. The first-order chi connectivity index (χ1) is 10.1. The summed E-state index contributed by atoms with van der Waals surface area (Å²) in [5.41, 5.74) is 1.68. The third kappa shape index (κ3) is 2.98. The van der Waals surface area contributed by atoms with E-state index in [1.807, 2.05) is 6.92 Å². The molecule has 1 atom stereocenters. The molecule has 1 heterocycles. The van der Waals surface area contributed by atoms with Crippen LogP contribution in [0.4, 0.5) is 4.39 Å². The Morgan fingerprint density at radius 3 is 2.57 bits per heavy atom. The SMILES string of the molecule is CC(Cl)c1nc2cc(Br)c(F)cc2n1C1CCCCCC1. The highest BCUT2D eigenvalue weighted by Crippen LogP contribution is 2.36. The van der Waals surface area contributed by atoms with Crippen molar-refractivity contribution in [1.29, 1.82) is 0 Å². The Morgan fingerprint density at radius 2 is 1.95 bits per heavy atom. The first-order valence-electron chi connectivity index (χ1n) is 7.59. The summed E-state index contributed by atoms with van der Waals surface area (Å²) in [6.45, 7) is 1.93. The maximum atomic E-state index is 14.0. The quantitative estimate of drug-likeness (QED) is 0.457. The molecule has 3 rings (SSSR count). The topological polar surface area (TPSA) is 17.8 Å². The molecule has 114 valence electrons. The third-order valence-corrected chi connectivity index (χ3v) is 5.11. The molecule has 0 saturated heterocycles. The van der Waals surface area contributed by atoms with Crippen molar-refractivity contribution >= 4 is 38.6 Å². The van der Waals surface area contributed by atoms with Gasteiger partial charge in [0.25, 0.3) is 0 Å². The summed E-state index contributed by atoms with van der Waals surface area (Å²) >= 11 is 9.57. The summed E-state index contributed by atoms with van der Waals surface area (Å²) < 4.78 is 16.6. The predicted octanol–water partition coefficient (Wildman–Crippen LogP) is 6.13. The summed E-state index contributed by atoms with van der Waals surface area (Å²) in [6.07, 6.45) is 7.27. The Hall–Kier alpha value is -0.610. The maximum Gasteiger partial charge on any atom is 0.139 e. The van der Waals surface area contributed by atoms with E-state index in [0.29, 0.717) is 10.5 Å². The standard InChI is InChI=1S/C16H19BrClFN2/c1-10(18)16-20-14-8-12(17)13(19)9-15(14)21(16)11-6-4-2-3-5-7-11/h8-11H,2-7H2,1H3. The third-order valence-electron chi connectivity index (χ3n) is 4.30. The van der Waals surface area contributed by atoms with E-state index < -0.39 is 0 Å². The molecule has 0 N–H and O–H groups in total. The van der Waals surface area contributed by atoms with Gasteiger partial charge in [-0.05, 0) is 41.8 Å². The number of alkyl halides is 1. The van der Waals surface area contributed by atoms with Crippen LogP contribution in [0.1, 0.15) is 62.7 Å². The van der Waals surface area contributed by atoms with Crippen molar-refractivity contribution < 1.29 is 4.39 Å². The molecule has 1 aliphatic carbocycles. The van der Waals surface area contributed by atoms with E-state index in [4.69, 9.17) is 11.6 Å². The van der Waals surface area contributed by atoms with Gasteiger partial charge in [0.05, 0.1) is 20.9 Å². The van der Waals surface area contributed by atoms with Crippen LogP contribution in [0.25, 0.3) is 11.0 Å². The van der Waals surface area contributed by atoms with E-state index in [9.17, 15) is 4.39 Å². The Morgan fingerprint density at radius 1 is 1.29 bits per heavy atom. The van der Waals surface area contributed by atoms with E-state index in [1.54, 1.807) is 12.1 Å². The van der Waals surface area contributed by atoms with Gasteiger partial charge in [0.1, 0.15) is 11.6 Å². The van der Waals surface area contributed by atoms with Crippen LogP contribution in [-0.4, -0.2) is 9.55 Å². The number of aromatic nitrogens is 2. The van der Waals surface area contributed by atoms with Crippen LogP contribution in [-0.2, 0) is 0 Å². The predicted molar refractivity (Wildman–Crippen MR) is 88.4 cm³/mol.